The maximum absolute atomic E-state index is 13.0. The van der Waals surface area contributed by atoms with Crippen molar-refractivity contribution in [2.24, 2.45) is 0 Å². The minimum absolute atomic E-state index is 0.0984. The van der Waals surface area contributed by atoms with Crippen molar-refractivity contribution >= 4 is 28.4 Å². The highest BCUT2D eigenvalue weighted by Gasteiger charge is 2.13. The van der Waals surface area contributed by atoms with Crippen molar-refractivity contribution in [1.29, 1.82) is 0 Å². The molecule has 0 bridgehead atoms. The maximum atomic E-state index is 13.0. The SMILES string of the molecule is Cc1ccc(S(=O)Cc2ccc(F)cc2Cl)cc1C(=O)O. The molecule has 110 valence electrons. The van der Waals surface area contributed by atoms with Gasteiger partial charge in [-0.15, -0.1) is 0 Å². The first kappa shape index (κ1) is 15.7. The first-order chi connectivity index (χ1) is 9.88. The van der Waals surface area contributed by atoms with Crippen LogP contribution in [0.5, 0.6) is 0 Å². The van der Waals surface area contributed by atoms with Crippen molar-refractivity contribution in [2.75, 3.05) is 0 Å². The molecule has 0 fully saturated rings. The second kappa shape index (κ2) is 6.37. The van der Waals surface area contributed by atoms with Gasteiger partial charge in [0, 0.05) is 9.92 Å². The van der Waals surface area contributed by atoms with E-state index in [1.807, 2.05) is 0 Å². The van der Waals surface area contributed by atoms with Gasteiger partial charge < -0.3 is 5.11 Å². The van der Waals surface area contributed by atoms with Gasteiger partial charge in [0.25, 0.3) is 0 Å². The second-order valence-electron chi connectivity index (χ2n) is 4.51. The number of carbonyl (C=O) groups is 1. The summed E-state index contributed by atoms with van der Waals surface area (Å²) in [4.78, 5) is 11.5. The lowest BCUT2D eigenvalue weighted by atomic mass is 10.1. The molecule has 0 aliphatic heterocycles. The third-order valence-electron chi connectivity index (χ3n) is 3.00. The average Bonchev–Trinajstić information content (AvgIpc) is 2.42. The standard InChI is InChI=1S/C15H12ClFO3S/c1-9-2-5-12(7-13(9)15(18)19)21(20)8-10-3-4-11(17)6-14(10)16/h2-7H,8H2,1H3,(H,18,19). The third kappa shape index (κ3) is 3.68. The second-order valence-corrected chi connectivity index (χ2v) is 6.37. The number of rotatable bonds is 4. The first-order valence-electron chi connectivity index (χ1n) is 6.04. The van der Waals surface area contributed by atoms with Crippen LogP contribution in [-0.2, 0) is 16.6 Å². The molecule has 2 aromatic carbocycles. The molecule has 0 aliphatic rings. The maximum Gasteiger partial charge on any atom is 0.335 e. The van der Waals surface area contributed by atoms with Crippen molar-refractivity contribution in [2.45, 2.75) is 17.6 Å². The molecule has 0 amide bonds. The number of carboxylic acid groups (broad SMARTS) is 1. The summed E-state index contributed by atoms with van der Waals surface area (Å²) in [7, 11) is -1.46. The van der Waals surface area contributed by atoms with Crippen LogP contribution >= 0.6 is 11.6 Å². The van der Waals surface area contributed by atoms with Crippen LogP contribution in [0.15, 0.2) is 41.3 Å². The summed E-state index contributed by atoms with van der Waals surface area (Å²) in [5.74, 6) is -1.43. The Morgan fingerprint density at radius 1 is 1.29 bits per heavy atom. The lowest BCUT2D eigenvalue weighted by Gasteiger charge is -2.07. The summed E-state index contributed by atoms with van der Waals surface area (Å²) >= 11 is 5.90. The molecule has 6 heteroatoms. The van der Waals surface area contributed by atoms with Crippen LogP contribution in [0.2, 0.25) is 5.02 Å². The number of benzene rings is 2. The van der Waals surface area contributed by atoms with Crippen LogP contribution in [0.4, 0.5) is 4.39 Å². The summed E-state index contributed by atoms with van der Waals surface area (Å²) < 4.78 is 25.3. The fourth-order valence-electron chi connectivity index (χ4n) is 1.84. The van der Waals surface area contributed by atoms with E-state index in [1.165, 1.54) is 18.2 Å². The molecule has 0 radical (unpaired) electrons. The molecule has 2 aromatic rings. The normalized spacial score (nSPS) is 12.1. The van der Waals surface area contributed by atoms with Crippen LogP contribution in [0.25, 0.3) is 0 Å². The van der Waals surface area contributed by atoms with Gasteiger partial charge in [-0.1, -0.05) is 23.7 Å². The lowest BCUT2D eigenvalue weighted by Crippen LogP contribution is -2.03. The Labute approximate surface area is 128 Å². The van der Waals surface area contributed by atoms with Gasteiger partial charge in [-0.2, -0.15) is 0 Å². The molecule has 21 heavy (non-hydrogen) atoms. The third-order valence-corrected chi connectivity index (χ3v) is 4.71. The molecule has 0 heterocycles. The van der Waals surface area contributed by atoms with E-state index >= 15 is 0 Å². The van der Waals surface area contributed by atoms with Gasteiger partial charge in [-0.3, -0.25) is 4.21 Å². The Morgan fingerprint density at radius 3 is 2.62 bits per heavy atom. The van der Waals surface area contributed by atoms with E-state index in [0.29, 0.717) is 16.0 Å². The number of hydrogen-bond acceptors (Lipinski definition) is 2. The minimum atomic E-state index is -1.46. The number of hydrogen-bond donors (Lipinski definition) is 1. The van der Waals surface area contributed by atoms with Gasteiger partial charge >= 0.3 is 5.97 Å². The molecular formula is C15H12ClFO3S. The van der Waals surface area contributed by atoms with Crippen molar-refractivity contribution < 1.29 is 18.5 Å². The van der Waals surface area contributed by atoms with E-state index < -0.39 is 22.6 Å². The Morgan fingerprint density at radius 2 is 2.00 bits per heavy atom. The zero-order valence-electron chi connectivity index (χ0n) is 11.1. The van der Waals surface area contributed by atoms with Gasteiger partial charge in [0.15, 0.2) is 0 Å². The van der Waals surface area contributed by atoms with Crippen molar-refractivity contribution in [3.05, 3.63) is 63.9 Å². The molecule has 0 saturated carbocycles. The highest BCUT2D eigenvalue weighted by atomic mass is 35.5. The largest absolute Gasteiger partial charge is 0.478 e. The molecule has 0 spiro atoms. The number of halogens is 2. The number of aryl methyl sites for hydroxylation is 1. The van der Waals surface area contributed by atoms with Crippen LogP contribution < -0.4 is 0 Å². The minimum Gasteiger partial charge on any atom is -0.478 e. The molecule has 2 rings (SSSR count). The summed E-state index contributed by atoms with van der Waals surface area (Å²) in [5.41, 5.74) is 1.27. The number of aromatic carboxylic acids is 1. The Kier molecular flexibility index (Phi) is 4.75. The highest BCUT2D eigenvalue weighted by Crippen LogP contribution is 2.22. The zero-order valence-corrected chi connectivity index (χ0v) is 12.7. The van der Waals surface area contributed by atoms with E-state index in [1.54, 1.807) is 19.1 Å². The smallest absolute Gasteiger partial charge is 0.335 e. The lowest BCUT2D eigenvalue weighted by molar-refractivity contribution is 0.0696. The molecule has 0 aliphatic carbocycles. The molecular weight excluding hydrogens is 315 g/mol. The topological polar surface area (TPSA) is 54.4 Å². The first-order valence-corrected chi connectivity index (χ1v) is 7.74. The van der Waals surface area contributed by atoms with Gasteiger partial charge in [-0.05, 0) is 42.3 Å². The predicted octanol–water partition coefficient (Wildman–Crippen LogP) is 3.79. The average molecular weight is 327 g/mol. The van der Waals surface area contributed by atoms with E-state index in [9.17, 15) is 13.4 Å². The molecule has 0 saturated heterocycles. The molecule has 0 aromatic heterocycles. The van der Waals surface area contributed by atoms with Crippen LogP contribution in [0.3, 0.4) is 0 Å². The van der Waals surface area contributed by atoms with Gasteiger partial charge in [0.2, 0.25) is 0 Å². The van der Waals surface area contributed by atoms with Crippen molar-refractivity contribution in [3.63, 3.8) is 0 Å². The summed E-state index contributed by atoms with van der Waals surface area (Å²) in [5, 5.41) is 9.28. The van der Waals surface area contributed by atoms with Crippen LogP contribution in [0.1, 0.15) is 21.5 Å². The molecule has 1 atom stereocenters. The van der Waals surface area contributed by atoms with Gasteiger partial charge in [0.05, 0.1) is 22.1 Å². The summed E-state index contributed by atoms with van der Waals surface area (Å²) in [6.45, 7) is 1.67. The highest BCUT2D eigenvalue weighted by molar-refractivity contribution is 7.84. The van der Waals surface area contributed by atoms with Gasteiger partial charge in [0.1, 0.15) is 5.82 Å². The Hall–Kier alpha value is -1.72. The molecule has 1 unspecified atom stereocenters. The summed E-state index contributed by atoms with van der Waals surface area (Å²) in [6.07, 6.45) is 0. The van der Waals surface area contributed by atoms with Gasteiger partial charge in [-0.25, -0.2) is 9.18 Å². The van der Waals surface area contributed by atoms with E-state index in [2.05, 4.69) is 0 Å². The quantitative estimate of drug-likeness (QED) is 0.930. The molecule has 1 N–H and O–H groups in total. The van der Waals surface area contributed by atoms with Crippen LogP contribution in [-0.4, -0.2) is 15.3 Å². The fourth-order valence-corrected chi connectivity index (χ4v) is 3.32. The van der Waals surface area contributed by atoms with E-state index in [0.717, 1.165) is 6.07 Å². The van der Waals surface area contributed by atoms with E-state index in [-0.39, 0.29) is 16.3 Å². The monoisotopic (exact) mass is 326 g/mol. The zero-order chi connectivity index (χ0) is 15.6. The van der Waals surface area contributed by atoms with E-state index in [4.69, 9.17) is 16.7 Å². The predicted molar refractivity (Wildman–Crippen MR) is 79.7 cm³/mol. The van der Waals surface area contributed by atoms with Crippen molar-refractivity contribution in [1.82, 2.24) is 0 Å². The summed E-state index contributed by atoms with van der Waals surface area (Å²) in [6, 6.07) is 8.51. The number of carboxylic acids is 1. The van der Waals surface area contributed by atoms with Crippen LogP contribution in [0, 0.1) is 12.7 Å². The van der Waals surface area contributed by atoms with Crippen molar-refractivity contribution in [3.8, 4) is 0 Å². The Bertz CT molecular complexity index is 731. The Balaban J connectivity index is 2.28. The molecule has 3 nitrogen and oxygen atoms in total. The fraction of sp³-hybridized carbons (Fsp3) is 0.133.